The zero-order valence-corrected chi connectivity index (χ0v) is 20.1. The summed E-state index contributed by atoms with van der Waals surface area (Å²) in [5, 5.41) is 31.1. The first-order chi connectivity index (χ1) is 16.4. The number of aromatic amines is 1. The number of amides is 2. The van der Waals surface area contributed by atoms with E-state index in [1.807, 2.05) is 31.5 Å². The molecule has 5 heterocycles. The number of tetrazole rings is 1. The molecule has 0 bridgehead atoms. The highest BCUT2D eigenvalue weighted by molar-refractivity contribution is 8.01. The fourth-order valence-corrected chi connectivity index (χ4v) is 6.48. The van der Waals surface area contributed by atoms with Crippen molar-refractivity contribution in [3.8, 4) is 0 Å². The van der Waals surface area contributed by atoms with Crippen molar-refractivity contribution in [3.05, 3.63) is 47.1 Å². The van der Waals surface area contributed by atoms with Crippen LogP contribution < -0.4 is 5.32 Å². The average molecular weight is 522 g/mol. The lowest BCUT2D eigenvalue weighted by Crippen LogP contribution is -2.70. The number of β-lactam (4-membered cyclic amide) rings is 1. The van der Waals surface area contributed by atoms with Crippen LogP contribution in [0.5, 0.6) is 0 Å². The van der Waals surface area contributed by atoms with Crippen LogP contribution in [0.25, 0.3) is 0 Å². The molecule has 2 aliphatic heterocycles. The molecule has 34 heavy (non-hydrogen) atoms. The third-order valence-corrected chi connectivity index (χ3v) is 8.03. The summed E-state index contributed by atoms with van der Waals surface area (Å²) < 4.78 is 1.98. The summed E-state index contributed by atoms with van der Waals surface area (Å²) >= 11 is 4.24. The maximum atomic E-state index is 12.6. The lowest BCUT2D eigenvalue weighted by Gasteiger charge is -2.49. The Morgan fingerprint density at radius 3 is 2.71 bits per heavy atom. The predicted molar refractivity (Wildman–Crippen MR) is 124 cm³/mol. The molecule has 0 unspecified atom stereocenters. The van der Waals surface area contributed by atoms with Crippen molar-refractivity contribution < 1.29 is 19.5 Å². The maximum Gasteiger partial charge on any atom is 0.352 e. The summed E-state index contributed by atoms with van der Waals surface area (Å²) in [5.41, 5.74) is 0.627. The normalized spacial score (nSPS) is 19.1. The van der Waals surface area contributed by atoms with E-state index in [9.17, 15) is 19.5 Å². The van der Waals surface area contributed by atoms with Gasteiger partial charge in [0.25, 0.3) is 5.91 Å². The number of nitrogens with one attached hydrogen (secondary N) is 2. The van der Waals surface area contributed by atoms with Crippen LogP contribution in [0.15, 0.2) is 46.5 Å². The van der Waals surface area contributed by atoms with E-state index in [2.05, 4.69) is 36.0 Å². The number of thioether (sulfide) groups is 2. The lowest BCUT2D eigenvalue weighted by atomic mass is 10.0. The second-order valence-electron chi connectivity index (χ2n) is 6.98. The second-order valence-corrected chi connectivity index (χ2v) is 10.5. The van der Waals surface area contributed by atoms with Gasteiger partial charge < -0.3 is 15.4 Å². The Balaban J connectivity index is 0.000000486. The van der Waals surface area contributed by atoms with Gasteiger partial charge in [-0.2, -0.15) is 0 Å². The number of carboxylic acids is 1. The van der Waals surface area contributed by atoms with Gasteiger partial charge >= 0.3 is 5.97 Å². The third kappa shape index (κ3) is 5.45. The predicted octanol–water partition coefficient (Wildman–Crippen LogP) is 0.379. The van der Waals surface area contributed by atoms with E-state index in [4.69, 9.17) is 0 Å². The summed E-state index contributed by atoms with van der Waals surface area (Å²) in [6.45, 7) is 1.72. The van der Waals surface area contributed by atoms with Crippen LogP contribution in [0.4, 0.5) is 0 Å². The molecule has 1 saturated heterocycles. The lowest BCUT2D eigenvalue weighted by molar-refractivity contribution is -0.150. The Labute approximate surface area is 205 Å². The average Bonchev–Trinajstić information content (AvgIpc) is 3.60. The molecule has 0 aliphatic carbocycles. The maximum absolute atomic E-state index is 12.6. The van der Waals surface area contributed by atoms with Gasteiger partial charge in [-0.05, 0) is 35.1 Å². The summed E-state index contributed by atoms with van der Waals surface area (Å²) in [5.74, 6) is -1.19. The highest BCUT2D eigenvalue weighted by Crippen LogP contribution is 2.41. The number of nitrogens with zero attached hydrogens (tertiary/aromatic N) is 7. The van der Waals surface area contributed by atoms with Crippen molar-refractivity contribution in [3.63, 3.8) is 0 Å². The molecule has 178 valence electrons. The van der Waals surface area contributed by atoms with E-state index >= 15 is 0 Å². The van der Waals surface area contributed by atoms with Gasteiger partial charge in [-0.15, -0.1) is 27.1 Å². The topological polar surface area (TPSA) is 172 Å². The molecule has 13 nitrogen and oxygen atoms in total. The van der Waals surface area contributed by atoms with Gasteiger partial charge in [0.2, 0.25) is 5.91 Å². The molecule has 2 atom stereocenters. The molecule has 0 aromatic carbocycles. The Bertz CT molecular complexity index is 1160. The number of aliphatic carboxylic acids is 1. The van der Waals surface area contributed by atoms with Gasteiger partial charge in [0.05, 0.1) is 0 Å². The number of aryl methyl sites for hydroxylation is 1. The minimum atomic E-state index is -1.16. The van der Waals surface area contributed by atoms with Gasteiger partial charge in [0, 0.05) is 23.9 Å². The van der Waals surface area contributed by atoms with E-state index in [1.165, 1.54) is 50.8 Å². The first kappa shape index (κ1) is 23.9. The first-order valence-corrected chi connectivity index (χ1v) is 12.7. The Morgan fingerprint density at radius 2 is 2.12 bits per heavy atom. The monoisotopic (exact) mass is 521 g/mol. The minimum Gasteiger partial charge on any atom is -0.477 e. The molecular formula is C18H19N9O4S3. The number of rotatable bonds is 7. The quantitative estimate of drug-likeness (QED) is 0.290. The molecule has 0 spiro atoms. The SMILES string of the molecule is Cc1nnc(SCC2=C(C(=O)O)N3C(=O)[C@@H](NC(=O)Cn4cnnn4)[C@H]3SC2)s1.c1cc[nH]c1. The van der Waals surface area contributed by atoms with Crippen LogP contribution in [0, 0.1) is 6.92 Å². The largest absolute Gasteiger partial charge is 0.477 e. The van der Waals surface area contributed by atoms with Crippen LogP contribution in [-0.2, 0) is 20.9 Å². The highest BCUT2D eigenvalue weighted by atomic mass is 32.2. The van der Waals surface area contributed by atoms with E-state index in [0.717, 1.165) is 9.35 Å². The fourth-order valence-electron chi connectivity index (χ4n) is 3.18. The van der Waals surface area contributed by atoms with Crippen LogP contribution in [0.2, 0.25) is 0 Å². The molecule has 16 heteroatoms. The first-order valence-electron chi connectivity index (χ1n) is 9.85. The molecule has 5 rings (SSSR count). The second kappa shape index (κ2) is 10.8. The number of fused-ring (bicyclic) bond motifs is 1. The van der Waals surface area contributed by atoms with Crippen molar-refractivity contribution in [1.82, 2.24) is 45.6 Å². The number of carbonyl (C=O) groups is 3. The fraction of sp³-hybridized carbons (Fsp3) is 0.333. The number of aromatic nitrogens is 7. The van der Waals surface area contributed by atoms with Crippen molar-refractivity contribution >= 4 is 52.6 Å². The molecule has 3 N–H and O–H groups in total. The Morgan fingerprint density at radius 1 is 1.32 bits per heavy atom. The molecule has 2 aliphatic rings. The van der Waals surface area contributed by atoms with Crippen LogP contribution in [0.3, 0.4) is 0 Å². The Hall–Kier alpha value is -3.24. The zero-order valence-electron chi connectivity index (χ0n) is 17.7. The number of hydrogen-bond acceptors (Lipinski definition) is 11. The number of H-pyrrole nitrogens is 1. The standard InChI is InChI=1S/C14H14N8O4S3.C4H5N/c1-6-17-18-14(29-6)28-4-7-3-27-12-9(11(24)22(12)10(7)13(25)26)16-8(23)2-21-5-15-19-20-21;1-2-4-5-3-1/h5,9,12H,2-4H2,1H3,(H,16,23)(H,25,26);1-5H/t9-,12-;/m1./s1. The van der Waals surface area contributed by atoms with Gasteiger partial charge in [-0.25, -0.2) is 9.48 Å². The van der Waals surface area contributed by atoms with Crippen molar-refractivity contribution in [1.29, 1.82) is 0 Å². The van der Waals surface area contributed by atoms with Gasteiger partial charge in [-0.1, -0.05) is 23.1 Å². The number of carboxylic acid groups (broad SMARTS) is 1. The van der Waals surface area contributed by atoms with E-state index in [0.29, 0.717) is 17.1 Å². The van der Waals surface area contributed by atoms with Gasteiger partial charge in [0.1, 0.15) is 35.0 Å². The molecule has 2 amide bonds. The minimum absolute atomic E-state index is 0.0153. The summed E-state index contributed by atoms with van der Waals surface area (Å²) in [6.07, 6.45) is 5.04. The molecular weight excluding hydrogens is 502 g/mol. The highest BCUT2D eigenvalue weighted by Gasteiger charge is 2.54. The van der Waals surface area contributed by atoms with Crippen molar-refractivity contribution in [2.45, 2.75) is 29.2 Å². The summed E-state index contributed by atoms with van der Waals surface area (Å²) in [4.78, 5) is 40.7. The van der Waals surface area contributed by atoms with Gasteiger partial charge in [-0.3, -0.25) is 14.5 Å². The van der Waals surface area contributed by atoms with E-state index in [1.54, 1.807) is 0 Å². The van der Waals surface area contributed by atoms with Crippen LogP contribution in [0.1, 0.15) is 5.01 Å². The van der Waals surface area contributed by atoms with Gasteiger partial charge in [0.15, 0.2) is 4.34 Å². The zero-order chi connectivity index (χ0) is 24.1. The molecule has 1 fully saturated rings. The third-order valence-electron chi connectivity index (χ3n) is 4.64. The van der Waals surface area contributed by atoms with Crippen molar-refractivity contribution in [2.75, 3.05) is 11.5 Å². The number of carbonyl (C=O) groups excluding carboxylic acids is 2. The molecule has 0 radical (unpaired) electrons. The summed E-state index contributed by atoms with van der Waals surface area (Å²) in [7, 11) is 0. The summed E-state index contributed by atoms with van der Waals surface area (Å²) in [6, 6.07) is 3.11. The Kier molecular flexibility index (Phi) is 7.59. The van der Waals surface area contributed by atoms with E-state index in [-0.39, 0.29) is 12.2 Å². The smallest absolute Gasteiger partial charge is 0.352 e. The van der Waals surface area contributed by atoms with Crippen LogP contribution in [-0.4, -0.2) is 86.1 Å². The molecule has 3 aromatic heterocycles. The van der Waals surface area contributed by atoms with E-state index < -0.39 is 29.2 Å². The van der Waals surface area contributed by atoms with Crippen LogP contribution >= 0.6 is 34.9 Å². The van der Waals surface area contributed by atoms with Crippen molar-refractivity contribution in [2.24, 2.45) is 0 Å². The molecule has 0 saturated carbocycles. The molecule has 3 aromatic rings. The number of hydrogen-bond donors (Lipinski definition) is 3.